The lowest BCUT2D eigenvalue weighted by atomic mass is 10.1. The molecule has 1 N–H and O–H groups in total. The summed E-state index contributed by atoms with van der Waals surface area (Å²) in [5.74, 6) is 0.800. The van der Waals surface area contributed by atoms with Gasteiger partial charge >= 0.3 is 0 Å². The van der Waals surface area contributed by atoms with Crippen LogP contribution in [0.5, 0.6) is 5.75 Å². The van der Waals surface area contributed by atoms with Gasteiger partial charge in [0.15, 0.2) is 0 Å². The fraction of sp³-hybridized carbons (Fsp3) is 0.278. The highest BCUT2D eigenvalue weighted by Gasteiger charge is 2.11. The van der Waals surface area contributed by atoms with Crippen molar-refractivity contribution in [3.05, 3.63) is 63.1 Å². The number of amides is 1. The highest BCUT2D eigenvalue weighted by molar-refractivity contribution is 9.10. The van der Waals surface area contributed by atoms with Crippen LogP contribution in [0.1, 0.15) is 30.5 Å². The number of methoxy groups -OCH3 is 1. The van der Waals surface area contributed by atoms with Crippen molar-refractivity contribution in [3.8, 4) is 5.75 Å². The Balaban J connectivity index is 1.89. The number of rotatable bonds is 6. The van der Waals surface area contributed by atoms with Gasteiger partial charge in [0.2, 0.25) is 5.91 Å². The molecule has 3 nitrogen and oxygen atoms in total. The fourth-order valence-electron chi connectivity index (χ4n) is 2.26. The van der Waals surface area contributed by atoms with Gasteiger partial charge in [-0.15, -0.1) is 0 Å². The number of ether oxygens (including phenoxy) is 1. The molecule has 0 aliphatic heterocycles. The summed E-state index contributed by atoms with van der Waals surface area (Å²) in [4.78, 5) is 12.1. The van der Waals surface area contributed by atoms with E-state index in [1.54, 1.807) is 7.11 Å². The summed E-state index contributed by atoms with van der Waals surface area (Å²) in [6, 6.07) is 13.3. The molecule has 0 aliphatic rings. The minimum absolute atomic E-state index is 0.0272. The van der Waals surface area contributed by atoms with Crippen molar-refractivity contribution in [3.63, 3.8) is 0 Å². The van der Waals surface area contributed by atoms with Crippen molar-refractivity contribution >= 4 is 33.4 Å². The predicted octanol–water partition coefficient (Wildman–Crippen LogP) is 4.92. The lowest BCUT2D eigenvalue weighted by Gasteiger charge is -2.15. The quantitative estimate of drug-likeness (QED) is 0.752. The van der Waals surface area contributed by atoms with Crippen molar-refractivity contribution in [1.82, 2.24) is 5.32 Å². The molecule has 0 spiro atoms. The number of nitrogens with one attached hydrogen (secondary N) is 1. The average Bonchev–Trinajstić information content (AvgIpc) is 2.54. The van der Waals surface area contributed by atoms with E-state index >= 15 is 0 Å². The number of halogens is 2. The minimum atomic E-state index is -0.0603. The molecular formula is C18H19BrClNO2. The Morgan fingerprint density at radius 3 is 2.57 bits per heavy atom. The third-order valence-electron chi connectivity index (χ3n) is 3.61. The average molecular weight is 397 g/mol. The van der Waals surface area contributed by atoms with Crippen LogP contribution in [0.4, 0.5) is 0 Å². The zero-order chi connectivity index (χ0) is 16.8. The summed E-state index contributed by atoms with van der Waals surface area (Å²) in [6.45, 7) is 1.97. The number of aryl methyl sites for hydroxylation is 1. The van der Waals surface area contributed by atoms with E-state index in [0.717, 1.165) is 21.3 Å². The van der Waals surface area contributed by atoms with Gasteiger partial charge < -0.3 is 10.1 Å². The van der Waals surface area contributed by atoms with Crippen molar-refractivity contribution < 1.29 is 9.53 Å². The van der Waals surface area contributed by atoms with Crippen molar-refractivity contribution in [2.75, 3.05) is 7.11 Å². The van der Waals surface area contributed by atoms with Crippen LogP contribution >= 0.6 is 27.5 Å². The molecule has 0 saturated heterocycles. The Kier molecular flexibility index (Phi) is 6.48. The van der Waals surface area contributed by atoms with Gasteiger partial charge in [-0.25, -0.2) is 0 Å². The summed E-state index contributed by atoms with van der Waals surface area (Å²) >= 11 is 9.31. The largest absolute Gasteiger partial charge is 0.496 e. The Bertz CT molecular complexity index is 673. The first-order valence-electron chi connectivity index (χ1n) is 7.37. The van der Waals surface area contributed by atoms with Gasteiger partial charge in [0.05, 0.1) is 17.6 Å². The highest BCUT2D eigenvalue weighted by Crippen LogP contribution is 2.28. The minimum Gasteiger partial charge on any atom is -0.496 e. The Morgan fingerprint density at radius 1 is 1.26 bits per heavy atom. The third-order valence-corrected chi connectivity index (χ3v) is 4.48. The van der Waals surface area contributed by atoms with Crippen LogP contribution in [-0.4, -0.2) is 13.0 Å². The molecule has 5 heteroatoms. The monoisotopic (exact) mass is 395 g/mol. The van der Waals surface area contributed by atoms with Crippen molar-refractivity contribution in [2.45, 2.75) is 25.8 Å². The van der Waals surface area contributed by atoms with Crippen LogP contribution in [0.3, 0.4) is 0 Å². The van der Waals surface area contributed by atoms with E-state index in [2.05, 4.69) is 21.2 Å². The smallest absolute Gasteiger partial charge is 0.220 e. The van der Waals surface area contributed by atoms with E-state index < -0.39 is 0 Å². The summed E-state index contributed by atoms with van der Waals surface area (Å²) in [5.41, 5.74) is 2.13. The fourth-order valence-corrected chi connectivity index (χ4v) is 2.94. The molecular weight excluding hydrogens is 378 g/mol. The molecule has 0 heterocycles. The third kappa shape index (κ3) is 5.26. The molecule has 122 valence electrons. The van der Waals surface area contributed by atoms with E-state index in [1.165, 1.54) is 0 Å². The van der Waals surface area contributed by atoms with Crippen LogP contribution in [0, 0.1) is 0 Å². The molecule has 1 atom stereocenters. The molecule has 2 aromatic rings. The number of carbonyl (C=O) groups excluding carboxylic acids is 1. The van der Waals surface area contributed by atoms with E-state index in [4.69, 9.17) is 16.3 Å². The molecule has 0 fully saturated rings. The summed E-state index contributed by atoms with van der Waals surface area (Å²) in [6.07, 6.45) is 1.14. The maximum atomic E-state index is 12.1. The summed E-state index contributed by atoms with van der Waals surface area (Å²) < 4.78 is 6.09. The number of carbonyl (C=O) groups is 1. The van der Waals surface area contributed by atoms with Crippen LogP contribution in [0.15, 0.2) is 46.9 Å². The van der Waals surface area contributed by atoms with Gasteiger partial charge in [0.1, 0.15) is 5.75 Å². The lowest BCUT2D eigenvalue weighted by Crippen LogP contribution is -2.26. The molecule has 1 amide bonds. The molecule has 0 aromatic heterocycles. The second kappa shape index (κ2) is 8.37. The topological polar surface area (TPSA) is 38.3 Å². The number of benzene rings is 2. The van der Waals surface area contributed by atoms with Crippen LogP contribution in [-0.2, 0) is 11.2 Å². The normalized spacial score (nSPS) is 11.8. The molecule has 0 saturated carbocycles. The second-order valence-corrected chi connectivity index (χ2v) is 6.60. The highest BCUT2D eigenvalue weighted by atomic mass is 79.9. The van der Waals surface area contributed by atoms with Gasteiger partial charge in [-0.2, -0.15) is 0 Å². The zero-order valence-electron chi connectivity index (χ0n) is 13.1. The van der Waals surface area contributed by atoms with E-state index in [0.29, 0.717) is 17.9 Å². The van der Waals surface area contributed by atoms with Gasteiger partial charge in [-0.1, -0.05) is 29.8 Å². The van der Waals surface area contributed by atoms with E-state index in [1.807, 2.05) is 49.4 Å². The molecule has 0 aliphatic carbocycles. The van der Waals surface area contributed by atoms with E-state index in [9.17, 15) is 4.79 Å². The first kappa shape index (κ1) is 17.8. The van der Waals surface area contributed by atoms with Gasteiger partial charge in [-0.05, 0) is 64.7 Å². The summed E-state index contributed by atoms with van der Waals surface area (Å²) in [7, 11) is 1.63. The standard InChI is InChI=1S/C18H19BrClNO2/c1-12(14-6-9-17(23-2)16(19)11-14)21-18(22)10-5-13-3-7-15(20)8-4-13/h3-4,6-9,11-12H,5,10H2,1-2H3,(H,21,22). The van der Waals surface area contributed by atoms with Crippen LogP contribution < -0.4 is 10.1 Å². The Hall–Kier alpha value is -1.52. The number of hydrogen-bond acceptors (Lipinski definition) is 2. The first-order chi connectivity index (χ1) is 11.0. The molecule has 0 radical (unpaired) electrons. The van der Waals surface area contributed by atoms with Crippen LogP contribution in [0.2, 0.25) is 5.02 Å². The van der Waals surface area contributed by atoms with Gasteiger partial charge in [0, 0.05) is 11.4 Å². The lowest BCUT2D eigenvalue weighted by molar-refractivity contribution is -0.121. The van der Waals surface area contributed by atoms with Gasteiger partial charge in [-0.3, -0.25) is 4.79 Å². The summed E-state index contributed by atoms with van der Waals surface area (Å²) in [5, 5.41) is 3.72. The predicted molar refractivity (Wildman–Crippen MR) is 97.0 cm³/mol. The molecule has 2 aromatic carbocycles. The van der Waals surface area contributed by atoms with Crippen molar-refractivity contribution in [1.29, 1.82) is 0 Å². The SMILES string of the molecule is COc1ccc(C(C)NC(=O)CCc2ccc(Cl)cc2)cc1Br. The second-order valence-electron chi connectivity index (χ2n) is 5.31. The molecule has 0 bridgehead atoms. The maximum absolute atomic E-state index is 12.1. The van der Waals surface area contributed by atoms with Crippen molar-refractivity contribution in [2.24, 2.45) is 0 Å². The maximum Gasteiger partial charge on any atom is 0.220 e. The number of hydrogen-bond donors (Lipinski definition) is 1. The van der Waals surface area contributed by atoms with E-state index in [-0.39, 0.29) is 11.9 Å². The van der Waals surface area contributed by atoms with Gasteiger partial charge in [0.25, 0.3) is 0 Å². The van der Waals surface area contributed by atoms with Crippen LogP contribution in [0.25, 0.3) is 0 Å². The Morgan fingerprint density at radius 2 is 1.96 bits per heavy atom. The zero-order valence-corrected chi connectivity index (χ0v) is 15.4. The Labute approximate surface area is 150 Å². The first-order valence-corrected chi connectivity index (χ1v) is 8.54. The molecule has 1 unspecified atom stereocenters. The molecule has 2 rings (SSSR count). The molecule has 23 heavy (non-hydrogen) atoms.